The van der Waals surface area contributed by atoms with Gasteiger partial charge in [-0.25, -0.2) is 0 Å². The lowest BCUT2D eigenvalue weighted by Gasteiger charge is -2.00. The zero-order chi connectivity index (χ0) is 11.0. The van der Waals surface area contributed by atoms with Crippen molar-refractivity contribution in [3.8, 4) is 0 Å². The molecule has 0 fully saturated rings. The van der Waals surface area contributed by atoms with Crippen LogP contribution in [0.2, 0.25) is 0 Å². The summed E-state index contributed by atoms with van der Waals surface area (Å²) in [4.78, 5) is 23.8. The zero-order valence-electron chi connectivity index (χ0n) is 7.36. The number of H-pyrrole nitrogens is 1. The van der Waals surface area contributed by atoms with Gasteiger partial charge in [0.25, 0.3) is 5.69 Å². The van der Waals surface area contributed by atoms with E-state index in [4.69, 9.17) is 0 Å². The van der Waals surface area contributed by atoms with E-state index in [0.717, 1.165) is 0 Å². The second-order valence-electron chi connectivity index (χ2n) is 2.94. The molecule has 0 saturated heterocycles. The molecule has 6 heteroatoms. The van der Waals surface area contributed by atoms with Gasteiger partial charge >= 0.3 is 0 Å². The van der Waals surface area contributed by atoms with Crippen molar-refractivity contribution < 1.29 is 4.92 Å². The largest absolute Gasteiger partial charge is 0.316 e. The Hall–Kier alpha value is -1.69. The highest BCUT2D eigenvalue weighted by molar-refractivity contribution is 9.10. The van der Waals surface area contributed by atoms with Gasteiger partial charge in [-0.2, -0.15) is 0 Å². The van der Waals surface area contributed by atoms with Crippen LogP contribution in [0, 0.1) is 10.1 Å². The van der Waals surface area contributed by atoms with E-state index in [9.17, 15) is 14.9 Å². The predicted molar refractivity (Wildman–Crippen MR) is 58.9 cm³/mol. The molecular weight excluding hydrogens is 264 g/mol. The summed E-state index contributed by atoms with van der Waals surface area (Å²) in [6, 6.07) is 5.96. The minimum Gasteiger partial charge on any atom is -0.316 e. The number of non-ortho nitro benzene ring substituents is 1. The predicted octanol–water partition coefficient (Wildman–Crippen LogP) is 2.20. The second-order valence-corrected chi connectivity index (χ2v) is 3.79. The molecule has 0 amide bonds. The fourth-order valence-electron chi connectivity index (χ4n) is 1.37. The number of rotatable bonds is 1. The summed E-state index contributed by atoms with van der Waals surface area (Å²) >= 11 is 3.19. The Morgan fingerprint density at radius 2 is 2.13 bits per heavy atom. The number of fused-ring (bicyclic) bond motifs is 1. The number of aromatic amines is 1. The average molecular weight is 269 g/mol. The molecule has 15 heavy (non-hydrogen) atoms. The fraction of sp³-hybridized carbons (Fsp3) is 0. The van der Waals surface area contributed by atoms with E-state index in [2.05, 4.69) is 20.9 Å². The summed E-state index contributed by atoms with van der Waals surface area (Å²) in [6.45, 7) is 0. The van der Waals surface area contributed by atoms with Gasteiger partial charge in [-0.3, -0.25) is 14.9 Å². The molecule has 1 aromatic carbocycles. The molecular formula is C9H5BrN2O3. The van der Waals surface area contributed by atoms with Crippen LogP contribution in [0.4, 0.5) is 5.69 Å². The van der Waals surface area contributed by atoms with Crippen LogP contribution < -0.4 is 5.56 Å². The fourth-order valence-corrected chi connectivity index (χ4v) is 1.91. The van der Waals surface area contributed by atoms with E-state index in [0.29, 0.717) is 9.86 Å². The van der Waals surface area contributed by atoms with Crippen molar-refractivity contribution in [1.82, 2.24) is 4.98 Å². The normalized spacial score (nSPS) is 10.5. The summed E-state index contributed by atoms with van der Waals surface area (Å²) in [5.74, 6) is 0. The molecule has 0 aliphatic rings. The molecule has 0 saturated carbocycles. The number of nitro benzene ring substituents is 1. The van der Waals surface area contributed by atoms with E-state index in [1.165, 1.54) is 12.1 Å². The van der Waals surface area contributed by atoms with Gasteiger partial charge < -0.3 is 4.98 Å². The monoisotopic (exact) mass is 268 g/mol. The summed E-state index contributed by atoms with van der Waals surface area (Å²) in [5.41, 5.74) is -0.239. The number of para-hydroxylation sites is 1. The summed E-state index contributed by atoms with van der Waals surface area (Å²) in [6.07, 6.45) is 0. The highest BCUT2D eigenvalue weighted by Crippen LogP contribution is 2.27. The Bertz CT molecular complexity index is 606. The highest BCUT2D eigenvalue weighted by atomic mass is 79.9. The van der Waals surface area contributed by atoms with Crippen molar-refractivity contribution >= 4 is 32.5 Å². The van der Waals surface area contributed by atoms with Crippen LogP contribution in [-0.2, 0) is 0 Å². The first-order valence-corrected chi connectivity index (χ1v) is 4.85. The molecule has 0 spiro atoms. The molecule has 0 radical (unpaired) electrons. The summed E-state index contributed by atoms with van der Waals surface area (Å²) < 4.78 is 0.546. The number of hydrogen-bond acceptors (Lipinski definition) is 3. The lowest BCUT2D eigenvalue weighted by Crippen LogP contribution is -2.05. The topological polar surface area (TPSA) is 76.0 Å². The van der Waals surface area contributed by atoms with E-state index < -0.39 is 4.92 Å². The van der Waals surface area contributed by atoms with Gasteiger partial charge in [0.1, 0.15) is 5.52 Å². The third kappa shape index (κ3) is 1.63. The maximum Gasteiger partial charge on any atom is 0.293 e. The number of hydrogen-bond donors (Lipinski definition) is 1. The van der Waals surface area contributed by atoms with E-state index in [-0.39, 0.29) is 16.8 Å². The van der Waals surface area contributed by atoms with E-state index >= 15 is 0 Å². The van der Waals surface area contributed by atoms with Crippen LogP contribution in [0.1, 0.15) is 0 Å². The Balaban J connectivity index is 2.97. The third-order valence-electron chi connectivity index (χ3n) is 2.00. The van der Waals surface area contributed by atoms with E-state index in [1.807, 2.05) is 0 Å². The molecule has 0 atom stereocenters. The first-order valence-electron chi connectivity index (χ1n) is 4.05. The minimum atomic E-state index is -0.523. The van der Waals surface area contributed by atoms with Gasteiger partial charge in [0.05, 0.1) is 4.92 Å². The molecule has 0 bridgehead atoms. The molecule has 0 aliphatic heterocycles. The molecule has 2 aromatic rings. The first-order chi connectivity index (χ1) is 7.09. The van der Waals surface area contributed by atoms with Crippen LogP contribution in [0.5, 0.6) is 0 Å². The Morgan fingerprint density at radius 1 is 1.40 bits per heavy atom. The van der Waals surface area contributed by atoms with Crippen LogP contribution in [-0.4, -0.2) is 9.91 Å². The number of nitrogens with zero attached hydrogens (tertiary/aromatic N) is 1. The van der Waals surface area contributed by atoms with Gasteiger partial charge in [0.15, 0.2) is 0 Å². The zero-order valence-corrected chi connectivity index (χ0v) is 8.95. The molecule has 0 unspecified atom stereocenters. The summed E-state index contributed by atoms with van der Waals surface area (Å²) in [7, 11) is 0. The standard InChI is InChI=1S/C9H5BrN2O3/c10-6-4-8(13)11-9-5(6)2-1-3-7(9)12(14)15/h1-4H,(H,11,13). The molecule has 76 valence electrons. The maximum absolute atomic E-state index is 11.2. The molecule has 5 nitrogen and oxygen atoms in total. The van der Waals surface area contributed by atoms with Gasteiger partial charge in [0, 0.05) is 22.0 Å². The van der Waals surface area contributed by atoms with Crippen molar-refractivity contribution in [2.75, 3.05) is 0 Å². The number of halogens is 1. The van der Waals surface area contributed by atoms with Crippen LogP contribution in [0.3, 0.4) is 0 Å². The van der Waals surface area contributed by atoms with Crippen LogP contribution in [0.25, 0.3) is 10.9 Å². The molecule has 1 aromatic heterocycles. The number of pyridine rings is 1. The maximum atomic E-state index is 11.2. The average Bonchev–Trinajstić information content (AvgIpc) is 2.16. The van der Waals surface area contributed by atoms with Crippen molar-refractivity contribution in [3.05, 3.63) is 49.2 Å². The van der Waals surface area contributed by atoms with Gasteiger partial charge in [-0.05, 0) is 15.9 Å². The van der Waals surface area contributed by atoms with Crippen molar-refractivity contribution in [3.63, 3.8) is 0 Å². The summed E-state index contributed by atoms with van der Waals surface area (Å²) in [5, 5.41) is 11.3. The minimum absolute atomic E-state index is 0.106. The first kappa shape index (κ1) is 9.85. The van der Waals surface area contributed by atoms with Gasteiger partial charge in [-0.1, -0.05) is 12.1 Å². The van der Waals surface area contributed by atoms with E-state index in [1.54, 1.807) is 12.1 Å². The smallest absolute Gasteiger partial charge is 0.293 e. The molecule has 1 heterocycles. The molecule has 1 N–H and O–H groups in total. The highest BCUT2D eigenvalue weighted by Gasteiger charge is 2.13. The Morgan fingerprint density at radius 3 is 2.80 bits per heavy atom. The van der Waals surface area contributed by atoms with Gasteiger partial charge in [-0.15, -0.1) is 0 Å². The Labute approximate surface area is 92.0 Å². The number of aromatic nitrogens is 1. The van der Waals surface area contributed by atoms with Crippen LogP contribution in [0.15, 0.2) is 33.5 Å². The Kier molecular flexibility index (Phi) is 2.28. The third-order valence-corrected chi connectivity index (χ3v) is 2.66. The number of nitrogens with one attached hydrogen (secondary N) is 1. The number of nitro groups is 1. The quantitative estimate of drug-likeness (QED) is 0.636. The van der Waals surface area contributed by atoms with Crippen molar-refractivity contribution in [1.29, 1.82) is 0 Å². The second kappa shape index (κ2) is 3.47. The van der Waals surface area contributed by atoms with Crippen molar-refractivity contribution in [2.24, 2.45) is 0 Å². The molecule has 0 aliphatic carbocycles. The molecule has 2 rings (SSSR count). The SMILES string of the molecule is O=c1cc(Br)c2cccc([N+](=O)[O-])c2[nH]1. The number of benzene rings is 1. The lowest BCUT2D eigenvalue weighted by atomic mass is 10.2. The van der Waals surface area contributed by atoms with Crippen molar-refractivity contribution in [2.45, 2.75) is 0 Å². The van der Waals surface area contributed by atoms with Crippen LogP contribution >= 0.6 is 15.9 Å². The van der Waals surface area contributed by atoms with Gasteiger partial charge in [0.2, 0.25) is 5.56 Å². The lowest BCUT2D eigenvalue weighted by molar-refractivity contribution is -0.383.